The van der Waals surface area contributed by atoms with Gasteiger partial charge in [-0.2, -0.15) is 4.31 Å². The molecule has 1 saturated heterocycles. The predicted octanol–water partition coefficient (Wildman–Crippen LogP) is 1.67. The number of rotatable bonds is 5. The number of hydrogen-bond acceptors (Lipinski definition) is 6. The van der Waals surface area contributed by atoms with E-state index in [0.29, 0.717) is 6.54 Å². The maximum Gasteiger partial charge on any atom is 0.316 e. The number of sulfonamides is 1. The molecule has 0 spiro atoms. The van der Waals surface area contributed by atoms with Crippen molar-refractivity contribution in [3.63, 3.8) is 0 Å². The van der Waals surface area contributed by atoms with Gasteiger partial charge < -0.3 is 4.74 Å². The molecular weight excluding hydrogens is 328 g/mol. The molecule has 7 nitrogen and oxygen atoms in total. The molecule has 2 aromatic heterocycles. The van der Waals surface area contributed by atoms with Gasteiger partial charge in [-0.1, -0.05) is 6.92 Å². The second-order valence-electron chi connectivity index (χ2n) is 5.66. The number of aryl methyl sites for hydroxylation is 1. The number of nitrogens with zero attached hydrogens (tertiary/aromatic N) is 4. The van der Waals surface area contributed by atoms with Crippen molar-refractivity contribution < 1.29 is 13.2 Å². The molecule has 2 aromatic rings. The van der Waals surface area contributed by atoms with Gasteiger partial charge in [-0.05, 0) is 37.0 Å². The largest absolute Gasteiger partial charge is 0.459 e. The van der Waals surface area contributed by atoms with Gasteiger partial charge in [0.1, 0.15) is 11.0 Å². The van der Waals surface area contributed by atoms with Gasteiger partial charge in [0, 0.05) is 31.3 Å². The van der Waals surface area contributed by atoms with Crippen molar-refractivity contribution in [3.8, 4) is 6.01 Å². The predicted molar refractivity (Wildman–Crippen MR) is 88.1 cm³/mol. The number of ether oxygens (including phenoxy) is 1. The quantitative estimate of drug-likeness (QED) is 0.817. The van der Waals surface area contributed by atoms with Crippen LogP contribution in [0.25, 0.3) is 0 Å². The monoisotopic (exact) mass is 348 g/mol. The van der Waals surface area contributed by atoms with Crippen LogP contribution in [0.1, 0.15) is 25.3 Å². The zero-order valence-corrected chi connectivity index (χ0v) is 14.3. The molecular formula is C16H20N4O3S. The van der Waals surface area contributed by atoms with Gasteiger partial charge in [-0.3, -0.25) is 4.98 Å². The summed E-state index contributed by atoms with van der Waals surface area (Å²) in [6.07, 6.45) is 8.50. The lowest BCUT2D eigenvalue weighted by Crippen LogP contribution is -2.44. The van der Waals surface area contributed by atoms with Crippen molar-refractivity contribution >= 4 is 10.0 Å². The van der Waals surface area contributed by atoms with E-state index >= 15 is 0 Å². The third-order valence-corrected chi connectivity index (χ3v) is 5.82. The fourth-order valence-electron chi connectivity index (χ4n) is 2.60. The Morgan fingerprint density at radius 1 is 1.29 bits per heavy atom. The lowest BCUT2D eigenvalue weighted by Gasteiger charge is -2.31. The summed E-state index contributed by atoms with van der Waals surface area (Å²) < 4.78 is 32.6. The molecule has 1 atom stereocenters. The highest BCUT2D eigenvalue weighted by molar-refractivity contribution is 7.89. The third-order valence-electron chi connectivity index (χ3n) is 3.98. The topological polar surface area (TPSA) is 85.3 Å². The Morgan fingerprint density at radius 3 is 2.75 bits per heavy atom. The first kappa shape index (κ1) is 16.8. The summed E-state index contributed by atoms with van der Waals surface area (Å²) in [7, 11) is -3.55. The molecule has 1 fully saturated rings. The molecule has 1 unspecified atom stereocenters. The molecule has 1 aliphatic rings. The first-order valence-electron chi connectivity index (χ1n) is 7.97. The van der Waals surface area contributed by atoms with E-state index < -0.39 is 10.0 Å². The van der Waals surface area contributed by atoms with Gasteiger partial charge in [0.05, 0.1) is 6.54 Å². The van der Waals surface area contributed by atoms with Gasteiger partial charge in [0.15, 0.2) is 0 Å². The van der Waals surface area contributed by atoms with Crippen LogP contribution >= 0.6 is 0 Å². The Balaban J connectivity index is 1.70. The molecule has 24 heavy (non-hydrogen) atoms. The van der Waals surface area contributed by atoms with E-state index in [2.05, 4.69) is 15.0 Å². The fraction of sp³-hybridized carbons (Fsp3) is 0.438. The molecule has 3 heterocycles. The molecule has 0 aromatic carbocycles. The highest BCUT2D eigenvalue weighted by Gasteiger charge is 2.31. The van der Waals surface area contributed by atoms with E-state index in [-0.39, 0.29) is 23.6 Å². The molecule has 0 radical (unpaired) electrons. The summed E-state index contributed by atoms with van der Waals surface area (Å²) in [6.45, 7) is 2.80. The van der Waals surface area contributed by atoms with Crippen LogP contribution in [0.5, 0.6) is 6.01 Å². The van der Waals surface area contributed by atoms with E-state index in [9.17, 15) is 8.42 Å². The average Bonchev–Trinajstić information content (AvgIpc) is 2.63. The van der Waals surface area contributed by atoms with Gasteiger partial charge in [0.2, 0.25) is 10.0 Å². The maximum absolute atomic E-state index is 12.7. The highest BCUT2D eigenvalue weighted by Crippen LogP contribution is 2.22. The minimum Gasteiger partial charge on any atom is -0.459 e. The lowest BCUT2D eigenvalue weighted by molar-refractivity contribution is 0.119. The zero-order valence-electron chi connectivity index (χ0n) is 13.5. The Morgan fingerprint density at radius 2 is 2.08 bits per heavy atom. The standard InChI is InChI=1S/C16H20N4O3S/c1-2-13-9-18-16(19-10-13)23-14-5-4-8-20(12-14)24(21,22)15-6-3-7-17-11-15/h3,6-7,9-11,14H,2,4-5,8,12H2,1H3. The van der Waals surface area contributed by atoms with E-state index in [4.69, 9.17) is 4.74 Å². The summed E-state index contributed by atoms with van der Waals surface area (Å²) in [4.78, 5) is 12.5. The highest BCUT2D eigenvalue weighted by atomic mass is 32.2. The van der Waals surface area contributed by atoms with Gasteiger partial charge in [0.25, 0.3) is 0 Å². The summed E-state index contributed by atoms with van der Waals surface area (Å²) in [5.41, 5.74) is 1.03. The summed E-state index contributed by atoms with van der Waals surface area (Å²) in [6, 6.07) is 3.46. The van der Waals surface area contributed by atoms with Crippen LogP contribution < -0.4 is 4.74 Å². The van der Waals surface area contributed by atoms with E-state index in [1.807, 2.05) is 6.92 Å². The molecule has 3 rings (SSSR count). The minimum atomic E-state index is -3.55. The SMILES string of the molecule is CCc1cnc(OC2CCCN(S(=O)(=O)c3cccnc3)C2)nc1. The van der Waals surface area contributed by atoms with Crippen LogP contribution in [-0.4, -0.2) is 46.9 Å². The molecule has 1 aliphatic heterocycles. The molecule has 0 aliphatic carbocycles. The molecule has 0 bridgehead atoms. The first-order chi connectivity index (χ1) is 11.6. The Labute approximate surface area is 141 Å². The summed E-state index contributed by atoms with van der Waals surface area (Å²) in [5, 5.41) is 0. The third kappa shape index (κ3) is 3.70. The van der Waals surface area contributed by atoms with Crippen molar-refractivity contribution in [3.05, 3.63) is 42.5 Å². The number of piperidine rings is 1. The fourth-order valence-corrected chi connectivity index (χ4v) is 4.08. The number of pyridine rings is 1. The van der Waals surface area contributed by atoms with E-state index in [0.717, 1.165) is 24.8 Å². The maximum atomic E-state index is 12.7. The average molecular weight is 348 g/mol. The smallest absolute Gasteiger partial charge is 0.316 e. The van der Waals surface area contributed by atoms with Crippen LogP contribution in [-0.2, 0) is 16.4 Å². The minimum absolute atomic E-state index is 0.203. The summed E-state index contributed by atoms with van der Waals surface area (Å²) in [5.74, 6) is 0. The van der Waals surface area contributed by atoms with Crippen LogP contribution in [0.2, 0.25) is 0 Å². The summed E-state index contributed by atoms with van der Waals surface area (Å²) >= 11 is 0. The van der Waals surface area contributed by atoms with E-state index in [1.165, 1.54) is 10.5 Å². The Kier molecular flexibility index (Phi) is 5.06. The normalized spacial score (nSPS) is 19.1. The molecule has 0 amide bonds. The Bertz CT molecular complexity index is 766. The molecule has 0 saturated carbocycles. The number of aromatic nitrogens is 3. The Hall–Kier alpha value is -2.06. The first-order valence-corrected chi connectivity index (χ1v) is 9.41. The van der Waals surface area contributed by atoms with Gasteiger partial charge in [-0.25, -0.2) is 18.4 Å². The lowest BCUT2D eigenvalue weighted by atomic mass is 10.1. The van der Waals surface area contributed by atoms with Crippen LogP contribution in [0, 0.1) is 0 Å². The van der Waals surface area contributed by atoms with Crippen molar-refractivity contribution in [1.29, 1.82) is 0 Å². The second-order valence-corrected chi connectivity index (χ2v) is 7.60. The van der Waals surface area contributed by atoms with Crippen molar-refractivity contribution in [2.24, 2.45) is 0 Å². The van der Waals surface area contributed by atoms with Crippen LogP contribution in [0.4, 0.5) is 0 Å². The molecule has 0 N–H and O–H groups in total. The van der Waals surface area contributed by atoms with Gasteiger partial charge >= 0.3 is 6.01 Å². The van der Waals surface area contributed by atoms with E-state index in [1.54, 1.807) is 30.7 Å². The van der Waals surface area contributed by atoms with Gasteiger partial charge in [-0.15, -0.1) is 0 Å². The van der Waals surface area contributed by atoms with Crippen LogP contribution in [0.15, 0.2) is 41.8 Å². The van der Waals surface area contributed by atoms with Crippen molar-refractivity contribution in [2.45, 2.75) is 37.2 Å². The van der Waals surface area contributed by atoms with Crippen LogP contribution in [0.3, 0.4) is 0 Å². The molecule has 128 valence electrons. The molecule has 8 heteroatoms. The second kappa shape index (κ2) is 7.23. The van der Waals surface area contributed by atoms with Crippen molar-refractivity contribution in [1.82, 2.24) is 19.3 Å². The zero-order chi connectivity index (χ0) is 17.0. The van der Waals surface area contributed by atoms with Crippen molar-refractivity contribution in [2.75, 3.05) is 13.1 Å². The number of hydrogen-bond donors (Lipinski definition) is 0.